The first-order valence-corrected chi connectivity index (χ1v) is 13.1. The monoisotopic (exact) mass is 526 g/mol. The summed E-state index contributed by atoms with van der Waals surface area (Å²) in [5, 5.41) is 3.27. The predicted molar refractivity (Wildman–Crippen MR) is 150 cm³/mol. The van der Waals surface area contributed by atoms with E-state index in [1.165, 1.54) is 18.0 Å². The molecule has 2 heterocycles. The Balaban J connectivity index is 1.39. The highest BCUT2D eigenvalue weighted by Gasteiger charge is 2.20. The van der Waals surface area contributed by atoms with E-state index in [9.17, 15) is 0 Å². The van der Waals surface area contributed by atoms with Gasteiger partial charge in [0.15, 0.2) is 11.6 Å². The first-order valence-electron chi connectivity index (χ1n) is 12.3. The van der Waals surface area contributed by atoms with Crippen LogP contribution in [0.4, 0.5) is 16.0 Å². The second-order valence-electron chi connectivity index (χ2n) is 9.15. The fourth-order valence-electron chi connectivity index (χ4n) is 3.83. The quantitative estimate of drug-likeness (QED) is 0.178. The van der Waals surface area contributed by atoms with E-state index in [-0.39, 0.29) is 17.7 Å². The Labute approximate surface area is 226 Å². The molecule has 1 aliphatic heterocycles. The molecule has 0 saturated carbocycles. The minimum atomic E-state index is -0.489. The van der Waals surface area contributed by atoms with Crippen molar-refractivity contribution in [3.05, 3.63) is 89.9 Å². The molecule has 6 nitrogen and oxygen atoms in total. The zero-order valence-corrected chi connectivity index (χ0v) is 21.9. The summed E-state index contributed by atoms with van der Waals surface area (Å²) < 4.78 is 29.7. The van der Waals surface area contributed by atoms with E-state index in [0.29, 0.717) is 36.3 Å². The molecule has 1 aliphatic rings. The van der Waals surface area contributed by atoms with Crippen LogP contribution in [-0.2, 0) is 4.74 Å². The largest absolute Gasteiger partial charge is 0.454 e. The molecule has 4 aromatic rings. The third-order valence-corrected chi connectivity index (χ3v) is 6.96. The van der Waals surface area contributed by atoms with Crippen molar-refractivity contribution >= 4 is 23.6 Å². The van der Waals surface area contributed by atoms with Gasteiger partial charge in [-0.1, -0.05) is 38.0 Å². The van der Waals surface area contributed by atoms with Crippen molar-refractivity contribution in [3.63, 3.8) is 0 Å². The highest BCUT2D eigenvalue weighted by molar-refractivity contribution is 8.00. The Morgan fingerprint density at radius 3 is 2.66 bits per heavy atom. The van der Waals surface area contributed by atoms with Crippen LogP contribution in [0.2, 0.25) is 0 Å². The number of terminal acetylenes is 1. The highest BCUT2D eigenvalue weighted by Crippen LogP contribution is 2.37. The van der Waals surface area contributed by atoms with Crippen LogP contribution in [-0.4, -0.2) is 29.2 Å². The lowest BCUT2D eigenvalue weighted by molar-refractivity contribution is 0.0208. The smallest absolute Gasteiger partial charge is 0.223 e. The van der Waals surface area contributed by atoms with E-state index in [1.807, 2.05) is 48.5 Å². The van der Waals surface area contributed by atoms with Gasteiger partial charge in [0, 0.05) is 34.0 Å². The van der Waals surface area contributed by atoms with Gasteiger partial charge in [-0.15, -0.1) is 6.42 Å². The van der Waals surface area contributed by atoms with E-state index >= 15 is 4.39 Å². The molecule has 2 N–H and O–H groups in total. The maximum absolute atomic E-state index is 15.2. The molecule has 192 valence electrons. The van der Waals surface area contributed by atoms with Gasteiger partial charge >= 0.3 is 0 Å². The van der Waals surface area contributed by atoms with Crippen molar-refractivity contribution in [1.82, 2.24) is 9.97 Å². The lowest BCUT2D eigenvalue weighted by atomic mass is 9.99. The Hall–Kier alpha value is -4.06. The van der Waals surface area contributed by atoms with Crippen LogP contribution in [0.3, 0.4) is 0 Å². The molecule has 0 radical (unpaired) electrons. The number of anilines is 2. The predicted octanol–water partition coefficient (Wildman–Crippen LogP) is 7.11. The molecule has 8 heteroatoms. The third-order valence-electron chi connectivity index (χ3n) is 6.05. The maximum Gasteiger partial charge on any atom is 0.223 e. The topological polar surface area (TPSA) is 68.3 Å². The molecule has 0 unspecified atom stereocenters. The molecule has 3 aromatic carbocycles. The minimum Gasteiger partial charge on any atom is -0.454 e. The first kappa shape index (κ1) is 25.6. The number of nitrogens with one attached hydrogen (secondary N) is 2. The van der Waals surface area contributed by atoms with Gasteiger partial charge in [-0.2, -0.15) is 0 Å². The molecule has 0 amide bonds. The normalized spacial score (nSPS) is 13.0. The number of ether oxygens (including phenoxy) is 2. The molecule has 0 bridgehead atoms. The van der Waals surface area contributed by atoms with Gasteiger partial charge in [-0.05, 0) is 65.9 Å². The van der Waals surface area contributed by atoms with Gasteiger partial charge in [-0.25, -0.2) is 14.4 Å². The lowest BCUT2D eigenvalue weighted by Gasteiger charge is -2.26. The fourth-order valence-corrected chi connectivity index (χ4v) is 4.57. The van der Waals surface area contributed by atoms with Crippen LogP contribution in [0, 0.1) is 18.2 Å². The van der Waals surface area contributed by atoms with E-state index in [1.54, 1.807) is 18.3 Å². The highest BCUT2D eigenvalue weighted by atomic mass is 32.2. The van der Waals surface area contributed by atoms with E-state index in [4.69, 9.17) is 15.9 Å². The third kappa shape index (κ3) is 5.91. The second kappa shape index (κ2) is 11.5. The van der Waals surface area contributed by atoms with Crippen LogP contribution < -0.4 is 14.8 Å². The molecule has 1 saturated heterocycles. The Bertz CT molecular complexity index is 1480. The van der Waals surface area contributed by atoms with Crippen LogP contribution in [0.5, 0.6) is 11.5 Å². The fraction of sp³-hybridized carbons (Fsp3) is 0.200. The van der Waals surface area contributed by atoms with Gasteiger partial charge in [0.25, 0.3) is 0 Å². The number of hydrogen-bond acceptors (Lipinski definition) is 7. The average Bonchev–Trinajstić information content (AvgIpc) is 2.91. The number of halogens is 1. The van der Waals surface area contributed by atoms with E-state index in [2.05, 4.69) is 39.8 Å². The summed E-state index contributed by atoms with van der Waals surface area (Å²) in [5.74, 6) is 3.59. The van der Waals surface area contributed by atoms with Gasteiger partial charge in [-0.3, -0.25) is 0 Å². The van der Waals surface area contributed by atoms with Crippen molar-refractivity contribution in [1.29, 1.82) is 0 Å². The molecule has 5 rings (SSSR count). The van der Waals surface area contributed by atoms with Gasteiger partial charge in [0.2, 0.25) is 5.95 Å². The summed E-state index contributed by atoms with van der Waals surface area (Å²) in [6, 6.07) is 20.3. The van der Waals surface area contributed by atoms with Crippen molar-refractivity contribution in [2.45, 2.75) is 30.7 Å². The standard InChI is InChI=1S/C30H27FN4O2S/c1-4-20-7-5-6-8-29(20)38-35-22-10-12-27(25(31)16-22)37-28-15-21(19(2)3)9-11-24(28)26-13-14-32-30(34-26)33-23-17-36-18-23/h1,5-16,19,23,35H,17-18H2,2-3H3,(H,32,33,34). The first-order chi connectivity index (χ1) is 18.5. The van der Waals surface area contributed by atoms with Crippen LogP contribution in [0.15, 0.2) is 77.8 Å². The Morgan fingerprint density at radius 1 is 1.08 bits per heavy atom. The van der Waals surface area contributed by atoms with Gasteiger partial charge < -0.3 is 19.5 Å². The van der Waals surface area contributed by atoms with Crippen molar-refractivity contribution in [2.24, 2.45) is 0 Å². The Morgan fingerprint density at radius 2 is 1.92 bits per heavy atom. The average molecular weight is 527 g/mol. The summed E-state index contributed by atoms with van der Waals surface area (Å²) in [6.07, 6.45) is 7.27. The molecule has 38 heavy (non-hydrogen) atoms. The minimum absolute atomic E-state index is 0.116. The zero-order chi connectivity index (χ0) is 26.5. The number of rotatable bonds is 9. The zero-order valence-electron chi connectivity index (χ0n) is 21.1. The van der Waals surface area contributed by atoms with E-state index < -0.39 is 5.82 Å². The number of hydrogen-bond donors (Lipinski definition) is 2. The van der Waals surface area contributed by atoms with Crippen molar-refractivity contribution in [2.75, 3.05) is 23.3 Å². The summed E-state index contributed by atoms with van der Waals surface area (Å²) in [5.41, 5.74) is 3.86. The summed E-state index contributed by atoms with van der Waals surface area (Å²) in [4.78, 5) is 9.87. The summed E-state index contributed by atoms with van der Waals surface area (Å²) >= 11 is 1.33. The molecule has 0 atom stereocenters. The molecule has 0 spiro atoms. The van der Waals surface area contributed by atoms with Crippen LogP contribution in [0.1, 0.15) is 30.9 Å². The summed E-state index contributed by atoms with van der Waals surface area (Å²) in [7, 11) is 0. The van der Waals surface area contributed by atoms with Crippen molar-refractivity contribution in [3.8, 4) is 35.1 Å². The number of benzene rings is 3. The van der Waals surface area contributed by atoms with Gasteiger partial charge in [0.05, 0.1) is 24.9 Å². The number of aromatic nitrogens is 2. The summed E-state index contributed by atoms with van der Waals surface area (Å²) in [6.45, 7) is 5.46. The van der Waals surface area contributed by atoms with Gasteiger partial charge in [0.1, 0.15) is 5.75 Å². The molecule has 1 fully saturated rings. The lowest BCUT2D eigenvalue weighted by Crippen LogP contribution is -2.40. The van der Waals surface area contributed by atoms with Crippen LogP contribution in [0.25, 0.3) is 11.3 Å². The number of nitrogens with zero attached hydrogens (tertiary/aromatic N) is 2. The molecule has 0 aliphatic carbocycles. The SMILES string of the molecule is C#Cc1ccccc1SNc1ccc(Oc2cc(C(C)C)ccc2-c2ccnc(NC3COC3)n2)c(F)c1. The molecule has 1 aromatic heterocycles. The molecular formula is C30H27FN4O2S. The molecular weight excluding hydrogens is 499 g/mol. The second-order valence-corrected chi connectivity index (χ2v) is 9.99. The maximum atomic E-state index is 15.2. The Kier molecular flexibility index (Phi) is 7.78. The van der Waals surface area contributed by atoms with E-state index in [0.717, 1.165) is 21.6 Å². The van der Waals surface area contributed by atoms with Crippen LogP contribution >= 0.6 is 11.9 Å². The van der Waals surface area contributed by atoms with Crippen molar-refractivity contribution < 1.29 is 13.9 Å².